The number of hydrogen-bond acceptors (Lipinski definition) is 4. The Balaban J connectivity index is 1.54. The second-order valence-electron chi connectivity index (χ2n) is 7.87. The van der Waals surface area contributed by atoms with Crippen LogP contribution in [0.3, 0.4) is 0 Å². The third-order valence-corrected chi connectivity index (χ3v) is 5.97. The smallest absolute Gasteiger partial charge is 0.225 e. The molecule has 1 aliphatic heterocycles. The minimum absolute atomic E-state index is 0.204. The molecule has 0 radical (unpaired) electrons. The van der Waals surface area contributed by atoms with Crippen molar-refractivity contribution in [3.05, 3.63) is 52.7 Å². The van der Waals surface area contributed by atoms with E-state index >= 15 is 0 Å². The fourth-order valence-electron chi connectivity index (χ4n) is 4.07. The molecule has 1 aromatic carbocycles. The van der Waals surface area contributed by atoms with E-state index in [1.165, 1.54) is 12.5 Å². The van der Waals surface area contributed by atoms with Gasteiger partial charge in [0.2, 0.25) is 5.91 Å². The molecule has 6 heteroatoms. The van der Waals surface area contributed by atoms with Crippen LogP contribution < -0.4 is 4.90 Å². The van der Waals surface area contributed by atoms with Crippen LogP contribution in [0.15, 0.2) is 24.3 Å². The van der Waals surface area contributed by atoms with Gasteiger partial charge >= 0.3 is 0 Å². The Morgan fingerprint density at radius 3 is 2.46 bits per heavy atom. The van der Waals surface area contributed by atoms with Crippen LogP contribution in [0, 0.1) is 25.6 Å². The van der Waals surface area contributed by atoms with Crippen LogP contribution in [-0.2, 0) is 11.2 Å². The van der Waals surface area contributed by atoms with Crippen molar-refractivity contribution in [3.8, 4) is 0 Å². The van der Waals surface area contributed by atoms with E-state index < -0.39 is 0 Å². The average Bonchev–Trinajstić information content (AvgIpc) is 2.64. The van der Waals surface area contributed by atoms with Gasteiger partial charge in [0.25, 0.3) is 0 Å². The van der Waals surface area contributed by atoms with E-state index in [1.54, 1.807) is 6.07 Å². The van der Waals surface area contributed by atoms with Gasteiger partial charge in [0.05, 0.1) is 0 Å². The van der Waals surface area contributed by atoms with E-state index in [2.05, 4.69) is 9.88 Å². The van der Waals surface area contributed by atoms with Gasteiger partial charge in [0.15, 0.2) is 0 Å². The minimum atomic E-state index is -0.204. The lowest BCUT2D eigenvalue weighted by Gasteiger charge is -2.39. The molecular formula is C22H27FN4O. The number of hydrogen-bond donors (Lipinski definition) is 0. The van der Waals surface area contributed by atoms with Crippen molar-refractivity contribution in [1.29, 1.82) is 0 Å². The molecule has 2 aliphatic rings. The summed E-state index contributed by atoms with van der Waals surface area (Å²) >= 11 is 0. The first-order valence-corrected chi connectivity index (χ1v) is 10.1. The maximum atomic E-state index is 14.2. The predicted octanol–water partition coefficient (Wildman–Crippen LogP) is 3.27. The molecule has 0 N–H and O–H groups in total. The maximum absolute atomic E-state index is 14.2. The van der Waals surface area contributed by atoms with Gasteiger partial charge in [0.1, 0.15) is 17.5 Å². The molecule has 2 aromatic rings. The van der Waals surface area contributed by atoms with Crippen molar-refractivity contribution in [3.63, 3.8) is 0 Å². The Bertz CT molecular complexity index is 873. The van der Waals surface area contributed by atoms with Crippen LogP contribution in [0.4, 0.5) is 10.2 Å². The van der Waals surface area contributed by atoms with Crippen molar-refractivity contribution in [2.45, 2.75) is 39.5 Å². The first-order valence-electron chi connectivity index (χ1n) is 10.1. The molecule has 0 atom stereocenters. The summed E-state index contributed by atoms with van der Waals surface area (Å²) in [5.41, 5.74) is 2.51. The third kappa shape index (κ3) is 3.73. The molecule has 1 saturated carbocycles. The summed E-state index contributed by atoms with van der Waals surface area (Å²) < 4.78 is 14.2. The first-order chi connectivity index (χ1) is 13.5. The zero-order valence-corrected chi connectivity index (χ0v) is 16.6. The molecule has 1 saturated heterocycles. The van der Waals surface area contributed by atoms with Gasteiger partial charge in [-0.2, -0.15) is 0 Å². The predicted molar refractivity (Wildman–Crippen MR) is 107 cm³/mol. The highest BCUT2D eigenvalue weighted by atomic mass is 19.1. The second kappa shape index (κ2) is 7.86. The van der Waals surface area contributed by atoms with E-state index in [1.807, 2.05) is 30.9 Å². The van der Waals surface area contributed by atoms with Gasteiger partial charge in [-0.25, -0.2) is 14.4 Å². The Kier molecular flexibility index (Phi) is 5.29. The van der Waals surface area contributed by atoms with Crippen molar-refractivity contribution in [2.75, 3.05) is 31.1 Å². The fraction of sp³-hybridized carbons (Fsp3) is 0.500. The molecule has 0 bridgehead atoms. The van der Waals surface area contributed by atoms with E-state index in [-0.39, 0.29) is 11.7 Å². The Labute approximate surface area is 165 Å². The molecule has 148 valence electrons. The summed E-state index contributed by atoms with van der Waals surface area (Å²) in [6.07, 6.45) is 3.72. The molecule has 1 amide bonds. The largest absolute Gasteiger partial charge is 0.353 e. The van der Waals surface area contributed by atoms with E-state index in [0.29, 0.717) is 17.9 Å². The van der Waals surface area contributed by atoms with Crippen LogP contribution in [-0.4, -0.2) is 47.0 Å². The molecule has 1 aromatic heterocycles. The molecule has 5 nitrogen and oxygen atoms in total. The number of aryl methyl sites for hydroxylation is 2. The van der Waals surface area contributed by atoms with E-state index in [0.717, 1.165) is 61.9 Å². The average molecular weight is 382 g/mol. The molecule has 28 heavy (non-hydrogen) atoms. The normalized spacial score (nSPS) is 17.5. The monoisotopic (exact) mass is 382 g/mol. The number of piperazine rings is 1. The Morgan fingerprint density at radius 1 is 1.11 bits per heavy atom. The molecular weight excluding hydrogens is 355 g/mol. The fourth-order valence-corrected chi connectivity index (χ4v) is 4.07. The number of rotatable bonds is 4. The van der Waals surface area contributed by atoms with Gasteiger partial charge in [0, 0.05) is 49.8 Å². The Hall–Kier alpha value is -2.50. The van der Waals surface area contributed by atoms with Gasteiger partial charge in [-0.15, -0.1) is 0 Å². The van der Waals surface area contributed by atoms with Crippen LogP contribution in [0.2, 0.25) is 0 Å². The molecule has 1 aliphatic carbocycles. The SMILES string of the molecule is Cc1nc(C)c(Cc2ccccc2F)c(N2CCN(C(=O)C3CCC3)CC2)n1. The molecule has 0 unspecified atom stereocenters. The lowest BCUT2D eigenvalue weighted by Crippen LogP contribution is -2.51. The summed E-state index contributed by atoms with van der Waals surface area (Å²) in [5.74, 6) is 1.95. The Morgan fingerprint density at radius 2 is 1.82 bits per heavy atom. The number of carbonyl (C=O) groups excluding carboxylic acids is 1. The van der Waals surface area contributed by atoms with E-state index in [9.17, 15) is 9.18 Å². The molecule has 2 fully saturated rings. The second-order valence-corrected chi connectivity index (χ2v) is 7.87. The first kappa shape index (κ1) is 18.8. The summed E-state index contributed by atoms with van der Waals surface area (Å²) in [5, 5.41) is 0. The highest BCUT2D eigenvalue weighted by Crippen LogP contribution is 2.30. The van der Waals surface area contributed by atoms with Crippen LogP contribution in [0.5, 0.6) is 0 Å². The minimum Gasteiger partial charge on any atom is -0.353 e. The quantitative estimate of drug-likeness (QED) is 0.814. The van der Waals surface area contributed by atoms with Gasteiger partial charge < -0.3 is 9.80 Å². The van der Waals surface area contributed by atoms with Crippen molar-refractivity contribution in [2.24, 2.45) is 5.92 Å². The number of anilines is 1. The summed E-state index contributed by atoms with van der Waals surface area (Å²) in [7, 11) is 0. The van der Waals surface area contributed by atoms with Crippen molar-refractivity contribution < 1.29 is 9.18 Å². The van der Waals surface area contributed by atoms with Crippen molar-refractivity contribution >= 4 is 11.7 Å². The van der Waals surface area contributed by atoms with Crippen molar-refractivity contribution in [1.82, 2.24) is 14.9 Å². The zero-order chi connectivity index (χ0) is 19.7. The molecule has 0 spiro atoms. The third-order valence-electron chi connectivity index (χ3n) is 5.97. The molecule has 2 heterocycles. The summed E-state index contributed by atoms with van der Waals surface area (Å²) in [6, 6.07) is 6.86. The zero-order valence-electron chi connectivity index (χ0n) is 16.6. The lowest BCUT2D eigenvalue weighted by atomic mass is 9.84. The topological polar surface area (TPSA) is 49.3 Å². The molecule has 4 rings (SSSR count). The highest BCUT2D eigenvalue weighted by Gasteiger charge is 2.32. The summed E-state index contributed by atoms with van der Waals surface area (Å²) in [4.78, 5) is 26.0. The highest BCUT2D eigenvalue weighted by molar-refractivity contribution is 5.80. The van der Waals surface area contributed by atoms with Crippen LogP contribution in [0.25, 0.3) is 0 Å². The summed E-state index contributed by atoms with van der Waals surface area (Å²) in [6.45, 7) is 6.79. The van der Waals surface area contributed by atoms with Gasteiger partial charge in [-0.05, 0) is 38.3 Å². The number of amides is 1. The number of nitrogens with zero attached hydrogens (tertiary/aromatic N) is 4. The standard InChI is InChI=1S/C22H27FN4O/c1-15-19(14-18-6-3-4-9-20(18)23)21(25-16(2)24-15)26-10-12-27(13-11-26)22(28)17-7-5-8-17/h3-4,6,9,17H,5,7-8,10-14H2,1-2H3. The number of benzene rings is 1. The van der Waals surface area contributed by atoms with Gasteiger partial charge in [-0.1, -0.05) is 24.6 Å². The van der Waals surface area contributed by atoms with Crippen LogP contribution >= 0.6 is 0 Å². The maximum Gasteiger partial charge on any atom is 0.225 e. The van der Waals surface area contributed by atoms with E-state index in [4.69, 9.17) is 4.98 Å². The number of carbonyl (C=O) groups is 1. The van der Waals surface area contributed by atoms with Gasteiger partial charge in [-0.3, -0.25) is 4.79 Å². The lowest BCUT2D eigenvalue weighted by molar-refractivity contribution is -0.138. The van der Waals surface area contributed by atoms with Crippen LogP contribution in [0.1, 0.15) is 41.9 Å². The number of aromatic nitrogens is 2. The number of halogens is 1.